The summed E-state index contributed by atoms with van der Waals surface area (Å²) in [5.41, 5.74) is -0.230. The van der Waals surface area contributed by atoms with Crippen LogP contribution >= 0.6 is 0 Å². The largest absolute Gasteiger partial charge is 0.359 e. The molecule has 10 heavy (non-hydrogen) atoms. The van der Waals surface area contributed by atoms with Crippen LogP contribution in [-0.2, 0) is 4.79 Å². The standard InChI is InChI=1S/C6H11N3O/c1-6(8-9-6)4-3-5(10)7-2/h3-4H2,1-2H3,(H,7,10). The molecule has 4 nitrogen and oxygen atoms in total. The second-order valence-corrected chi connectivity index (χ2v) is 2.59. The summed E-state index contributed by atoms with van der Waals surface area (Å²) in [5.74, 6) is 0.0542. The molecule has 0 aromatic rings. The van der Waals surface area contributed by atoms with Crippen LogP contribution in [0, 0.1) is 0 Å². The molecule has 1 aliphatic heterocycles. The van der Waals surface area contributed by atoms with Gasteiger partial charge in [0.15, 0.2) is 5.66 Å². The van der Waals surface area contributed by atoms with Gasteiger partial charge in [-0.15, -0.1) is 0 Å². The van der Waals surface area contributed by atoms with Gasteiger partial charge in [0.05, 0.1) is 0 Å². The summed E-state index contributed by atoms with van der Waals surface area (Å²) in [6.07, 6.45) is 1.24. The van der Waals surface area contributed by atoms with E-state index < -0.39 is 0 Å². The number of hydrogen-bond acceptors (Lipinski definition) is 3. The third-order valence-corrected chi connectivity index (χ3v) is 1.55. The van der Waals surface area contributed by atoms with Crippen LogP contribution in [0.4, 0.5) is 0 Å². The minimum atomic E-state index is -0.230. The zero-order valence-corrected chi connectivity index (χ0v) is 6.22. The molecule has 1 heterocycles. The molecule has 1 rings (SSSR count). The van der Waals surface area contributed by atoms with Gasteiger partial charge in [-0.1, -0.05) is 0 Å². The topological polar surface area (TPSA) is 53.8 Å². The number of rotatable bonds is 3. The molecule has 0 radical (unpaired) electrons. The molecule has 0 aliphatic carbocycles. The number of nitrogens with zero attached hydrogens (tertiary/aromatic N) is 2. The Morgan fingerprint density at radius 1 is 1.60 bits per heavy atom. The Kier molecular flexibility index (Phi) is 1.70. The van der Waals surface area contributed by atoms with E-state index in [1.807, 2.05) is 6.92 Å². The van der Waals surface area contributed by atoms with Crippen LogP contribution in [0.3, 0.4) is 0 Å². The minimum Gasteiger partial charge on any atom is -0.359 e. The van der Waals surface area contributed by atoms with Gasteiger partial charge in [0.25, 0.3) is 0 Å². The molecule has 0 aromatic heterocycles. The molecule has 1 aliphatic rings. The molecule has 0 atom stereocenters. The molecule has 0 unspecified atom stereocenters. The van der Waals surface area contributed by atoms with E-state index in [0.717, 1.165) is 6.42 Å². The van der Waals surface area contributed by atoms with Crippen molar-refractivity contribution in [1.29, 1.82) is 0 Å². The number of carbonyl (C=O) groups excluding carboxylic acids is 1. The zero-order chi connectivity index (χ0) is 7.61. The van der Waals surface area contributed by atoms with Crippen molar-refractivity contribution in [1.82, 2.24) is 5.32 Å². The molecule has 1 N–H and O–H groups in total. The van der Waals surface area contributed by atoms with E-state index in [9.17, 15) is 4.79 Å². The minimum absolute atomic E-state index is 0.0542. The first kappa shape index (κ1) is 7.18. The Labute approximate surface area is 59.7 Å². The van der Waals surface area contributed by atoms with Crippen LogP contribution in [0.1, 0.15) is 19.8 Å². The van der Waals surface area contributed by atoms with Crippen molar-refractivity contribution in [2.75, 3.05) is 7.05 Å². The zero-order valence-electron chi connectivity index (χ0n) is 6.22. The van der Waals surface area contributed by atoms with Crippen LogP contribution in [0.25, 0.3) is 0 Å². The lowest BCUT2D eigenvalue weighted by Gasteiger charge is -2.00. The van der Waals surface area contributed by atoms with Crippen LogP contribution in [0.15, 0.2) is 10.2 Å². The number of amides is 1. The summed E-state index contributed by atoms with van der Waals surface area (Å²) >= 11 is 0. The second kappa shape index (κ2) is 2.36. The van der Waals surface area contributed by atoms with Gasteiger partial charge >= 0.3 is 0 Å². The first-order valence-electron chi connectivity index (χ1n) is 3.31. The lowest BCUT2D eigenvalue weighted by atomic mass is 10.1. The fraction of sp³-hybridized carbons (Fsp3) is 0.833. The van der Waals surface area contributed by atoms with Gasteiger partial charge in [0.2, 0.25) is 5.91 Å². The van der Waals surface area contributed by atoms with Crippen molar-refractivity contribution in [2.24, 2.45) is 10.2 Å². The lowest BCUT2D eigenvalue weighted by molar-refractivity contribution is -0.120. The van der Waals surface area contributed by atoms with Crippen molar-refractivity contribution in [3.63, 3.8) is 0 Å². The molecule has 0 fully saturated rings. The number of nitrogens with one attached hydrogen (secondary N) is 1. The van der Waals surface area contributed by atoms with E-state index in [1.54, 1.807) is 7.05 Å². The normalized spacial score (nSPS) is 18.6. The average molecular weight is 141 g/mol. The Morgan fingerprint density at radius 3 is 2.60 bits per heavy atom. The predicted octanol–water partition coefficient (Wildman–Crippen LogP) is 0.695. The van der Waals surface area contributed by atoms with Crippen LogP contribution in [0.5, 0.6) is 0 Å². The highest BCUT2D eigenvalue weighted by Gasteiger charge is 2.33. The van der Waals surface area contributed by atoms with E-state index in [-0.39, 0.29) is 11.6 Å². The molecule has 0 saturated heterocycles. The van der Waals surface area contributed by atoms with E-state index >= 15 is 0 Å². The van der Waals surface area contributed by atoms with E-state index in [2.05, 4.69) is 15.5 Å². The highest BCUT2D eigenvalue weighted by molar-refractivity contribution is 5.75. The second-order valence-electron chi connectivity index (χ2n) is 2.59. The van der Waals surface area contributed by atoms with Gasteiger partial charge in [-0.05, 0) is 6.92 Å². The van der Waals surface area contributed by atoms with E-state index in [1.165, 1.54) is 0 Å². The van der Waals surface area contributed by atoms with Gasteiger partial charge in [0, 0.05) is 19.9 Å². The third kappa shape index (κ3) is 1.79. The van der Waals surface area contributed by atoms with Gasteiger partial charge < -0.3 is 5.32 Å². The molecule has 1 amide bonds. The quantitative estimate of drug-likeness (QED) is 0.617. The van der Waals surface area contributed by atoms with Crippen molar-refractivity contribution in [3.05, 3.63) is 0 Å². The summed E-state index contributed by atoms with van der Waals surface area (Å²) in [6.45, 7) is 1.91. The van der Waals surface area contributed by atoms with Gasteiger partial charge in [-0.25, -0.2) is 0 Å². The Bertz CT molecular complexity index is 170. The van der Waals surface area contributed by atoms with Crippen molar-refractivity contribution in [3.8, 4) is 0 Å². The maximum absolute atomic E-state index is 10.7. The number of hydrogen-bond donors (Lipinski definition) is 1. The fourth-order valence-electron chi connectivity index (χ4n) is 0.661. The SMILES string of the molecule is CNC(=O)CCC1(C)N=N1. The molecule has 4 heteroatoms. The van der Waals surface area contributed by atoms with E-state index in [0.29, 0.717) is 6.42 Å². The molecular formula is C6H11N3O. The van der Waals surface area contributed by atoms with Crippen molar-refractivity contribution < 1.29 is 4.79 Å². The summed E-state index contributed by atoms with van der Waals surface area (Å²) in [4.78, 5) is 10.7. The van der Waals surface area contributed by atoms with Crippen LogP contribution in [-0.4, -0.2) is 18.6 Å². The third-order valence-electron chi connectivity index (χ3n) is 1.55. The Morgan fingerprint density at radius 2 is 2.20 bits per heavy atom. The van der Waals surface area contributed by atoms with Gasteiger partial charge in [0.1, 0.15) is 0 Å². The molecule has 0 aromatic carbocycles. The summed E-state index contributed by atoms with van der Waals surface area (Å²) in [7, 11) is 1.63. The first-order valence-corrected chi connectivity index (χ1v) is 3.31. The molecule has 56 valence electrons. The van der Waals surface area contributed by atoms with E-state index in [4.69, 9.17) is 0 Å². The molecule has 0 saturated carbocycles. The lowest BCUT2D eigenvalue weighted by Crippen LogP contribution is -2.19. The summed E-state index contributed by atoms with van der Waals surface area (Å²) in [5, 5.41) is 10.1. The Balaban J connectivity index is 2.11. The highest BCUT2D eigenvalue weighted by Crippen LogP contribution is 2.31. The summed E-state index contributed by atoms with van der Waals surface area (Å²) < 4.78 is 0. The average Bonchev–Trinajstić information content (AvgIpc) is 2.64. The maximum Gasteiger partial charge on any atom is 0.219 e. The van der Waals surface area contributed by atoms with Crippen LogP contribution in [0.2, 0.25) is 0 Å². The molecule has 0 bridgehead atoms. The molecule has 0 spiro atoms. The predicted molar refractivity (Wildman–Crippen MR) is 36.6 cm³/mol. The highest BCUT2D eigenvalue weighted by atomic mass is 16.1. The monoisotopic (exact) mass is 141 g/mol. The Hall–Kier alpha value is -0.930. The van der Waals surface area contributed by atoms with Crippen molar-refractivity contribution in [2.45, 2.75) is 25.4 Å². The fourth-order valence-corrected chi connectivity index (χ4v) is 0.661. The van der Waals surface area contributed by atoms with Crippen LogP contribution < -0.4 is 5.32 Å². The van der Waals surface area contributed by atoms with Crippen molar-refractivity contribution >= 4 is 5.91 Å². The first-order chi connectivity index (χ1) is 4.66. The number of carbonyl (C=O) groups is 1. The smallest absolute Gasteiger partial charge is 0.219 e. The maximum atomic E-state index is 10.7. The van der Waals surface area contributed by atoms with Gasteiger partial charge in [-0.2, -0.15) is 10.2 Å². The van der Waals surface area contributed by atoms with Gasteiger partial charge in [-0.3, -0.25) is 4.79 Å². The summed E-state index contributed by atoms with van der Waals surface area (Å²) in [6, 6.07) is 0. The molecular weight excluding hydrogens is 130 g/mol.